The molecule has 1 N–H and O–H groups in total. The number of carbonyl (C=O) groups is 1. The molecular formula is C13H23NO3. The summed E-state index contributed by atoms with van der Waals surface area (Å²) in [6, 6.07) is 0.218. The summed E-state index contributed by atoms with van der Waals surface area (Å²) < 4.78 is 5.71. The van der Waals surface area contributed by atoms with Crippen LogP contribution in [0.15, 0.2) is 0 Å². The highest BCUT2D eigenvalue weighted by Crippen LogP contribution is 2.30. The lowest BCUT2D eigenvalue weighted by atomic mass is 9.83. The largest absolute Gasteiger partial charge is 0.481 e. The lowest BCUT2D eigenvalue weighted by Gasteiger charge is -2.43. The van der Waals surface area contributed by atoms with Crippen LogP contribution in [0.5, 0.6) is 0 Å². The van der Waals surface area contributed by atoms with Crippen LogP contribution in [0.4, 0.5) is 0 Å². The minimum absolute atomic E-state index is 0.179. The lowest BCUT2D eigenvalue weighted by molar-refractivity contribution is -0.149. The van der Waals surface area contributed by atoms with E-state index in [4.69, 9.17) is 4.74 Å². The van der Waals surface area contributed by atoms with Gasteiger partial charge in [-0.2, -0.15) is 0 Å². The first-order chi connectivity index (χ1) is 8.08. The monoisotopic (exact) mass is 241 g/mol. The number of aliphatic carboxylic acids is 1. The van der Waals surface area contributed by atoms with Crippen molar-refractivity contribution in [1.29, 1.82) is 0 Å². The summed E-state index contributed by atoms with van der Waals surface area (Å²) in [7, 11) is 0. The van der Waals surface area contributed by atoms with Gasteiger partial charge in [-0.05, 0) is 26.7 Å². The third-order valence-electron chi connectivity index (χ3n) is 3.96. The SMILES string of the molecule is CC1CN(C2CCCCC2C(=O)O)CC(C)O1. The molecule has 98 valence electrons. The number of carboxylic acids is 1. The Balaban J connectivity index is 2.05. The molecule has 4 unspecified atom stereocenters. The van der Waals surface area contributed by atoms with Crippen molar-refractivity contribution in [2.75, 3.05) is 13.1 Å². The Labute approximate surface area is 103 Å². The van der Waals surface area contributed by atoms with Gasteiger partial charge in [0.2, 0.25) is 0 Å². The minimum Gasteiger partial charge on any atom is -0.481 e. The second-order valence-corrected chi connectivity index (χ2v) is 5.51. The van der Waals surface area contributed by atoms with E-state index in [1.54, 1.807) is 0 Å². The molecule has 0 radical (unpaired) electrons. The van der Waals surface area contributed by atoms with Crippen molar-refractivity contribution in [3.8, 4) is 0 Å². The first kappa shape index (κ1) is 12.8. The summed E-state index contributed by atoms with van der Waals surface area (Å²) in [4.78, 5) is 13.7. The van der Waals surface area contributed by atoms with E-state index < -0.39 is 5.97 Å². The lowest BCUT2D eigenvalue weighted by Crippen LogP contribution is -2.54. The van der Waals surface area contributed by atoms with Crippen molar-refractivity contribution >= 4 is 5.97 Å². The first-order valence-corrected chi connectivity index (χ1v) is 6.70. The van der Waals surface area contributed by atoms with E-state index in [0.717, 1.165) is 38.8 Å². The highest BCUT2D eigenvalue weighted by molar-refractivity contribution is 5.71. The number of hydrogen-bond donors (Lipinski definition) is 1. The van der Waals surface area contributed by atoms with Crippen molar-refractivity contribution in [2.45, 2.75) is 57.8 Å². The summed E-state index contributed by atoms with van der Waals surface area (Å²) in [5.41, 5.74) is 0. The van der Waals surface area contributed by atoms with Crippen LogP contribution in [-0.4, -0.2) is 47.3 Å². The maximum atomic E-state index is 11.3. The molecule has 0 spiro atoms. The Bertz CT molecular complexity index is 272. The third kappa shape index (κ3) is 2.99. The van der Waals surface area contributed by atoms with Gasteiger partial charge in [-0.25, -0.2) is 0 Å². The predicted molar refractivity (Wildman–Crippen MR) is 65.0 cm³/mol. The minimum atomic E-state index is -0.624. The van der Waals surface area contributed by atoms with Gasteiger partial charge in [0.05, 0.1) is 18.1 Å². The van der Waals surface area contributed by atoms with E-state index >= 15 is 0 Å². The van der Waals surface area contributed by atoms with Crippen LogP contribution in [0.3, 0.4) is 0 Å². The van der Waals surface area contributed by atoms with Gasteiger partial charge in [0.1, 0.15) is 0 Å². The van der Waals surface area contributed by atoms with Crippen molar-refractivity contribution in [2.24, 2.45) is 5.92 Å². The highest BCUT2D eigenvalue weighted by Gasteiger charge is 2.37. The van der Waals surface area contributed by atoms with Gasteiger partial charge in [0.15, 0.2) is 0 Å². The maximum absolute atomic E-state index is 11.3. The average molecular weight is 241 g/mol. The van der Waals surface area contributed by atoms with E-state index in [0.29, 0.717) is 0 Å². The highest BCUT2D eigenvalue weighted by atomic mass is 16.5. The van der Waals surface area contributed by atoms with Crippen LogP contribution >= 0.6 is 0 Å². The van der Waals surface area contributed by atoms with Gasteiger partial charge in [-0.3, -0.25) is 9.69 Å². The summed E-state index contributed by atoms with van der Waals surface area (Å²) in [5, 5.41) is 9.31. The van der Waals surface area contributed by atoms with Gasteiger partial charge in [-0.15, -0.1) is 0 Å². The van der Waals surface area contributed by atoms with Crippen molar-refractivity contribution < 1.29 is 14.6 Å². The number of hydrogen-bond acceptors (Lipinski definition) is 3. The van der Waals surface area contributed by atoms with Crippen molar-refractivity contribution in [3.63, 3.8) is 0 Å². The average Bonchev–Trinajstić information content (AvgIpc) is 2.27. The smallest absolute Gasteiger partial charge is 0.308 e. The standard InChI is InChI=1S/C13H23NO3/c1-9-7-14(8-10(2)17-9)12-6-4-3-5-11(12)13(15)16/h9-12H,3-8H2,1-2H3,(H,15,16). The molecule has 0 aromatic rings. The molecule has 0 aromatic heterocycles. The van der Waals surface area contributed by atoms with Crippen LogP contribution < -0.4 is 0 Å². The Hall–Kier alpha value is -0.610. The molecule has 2 fully saturated rings. The maximum Gasteiger partial charge on any atom is 0.308 e. The van der Waals surface area contributed by atoms with Crippen LogP contribution in [-0.2, 0) is 9.53 Å². The molecule has 0 bridgehead atoms. The molecule has 1 aliphatic heterocycles. The van der Waals surface area contributed by atoms with E-state index in [2.05, 4.69) is 18.7 Å². The topological polar surface area (TPSA) is 49.8 Å². The molecule has 1 saturated heterocycles. The van der Waals surface area contributed by atoms with E-state index in [1.807, 2.05) is 0 Å². The van der Waals surface area contributed by atoms with Crippen LogP contribution in [0.25, 0.3) is 0 Å². The quantitative estimate of drug-likeness (QED) is 0.800. The fraction of sp³-hybridized carbons (Fsp3) is 0.923. The molecule has 4 atom stereocenters. The van der Waals surface area contributed by atoms with Gasteiger partial charge in [0, 0.05) is 19.1 Å². The first-order valence-electron chi connectivity index (χ1n) is 6.70. The summed E-state index contributed by atoms with van der Waals surface area (Å²) in [6.45, 7) is 5.89. The zero-order valence-corrected chi connectivity index (χ0v) is 10.8. The van der Waals surface area contributed by atoms with Gasteiger partial charge in [-0.1, -0.05) is 12.8 Å². The van der Waals surface area contributed by atoms with Gasteiger partial charge >= 0.3 is 5.97 Å². The molecule has 4 heteroatoms. The fourth-order valence-corrected chi connectivity index (χ4v) is 3.32. The Morgan fingerprint density at radius 2 is 1.76 bits per heavy atom. The van der Waals surface area contributed by atoms with Crippen LogP contribution in [0.2, 0.25) is 0 Å². The zero-order chi connectivity index (χ0) is 12.4. The van der Waals surface area contributed by atoms with Gasteiger partial charge < -0.3 is 9.84 Å². The summed E-state index contributed by atoms with van der Waals surface area (Å²) in [5.74, 6) is -0.803. The number of rotatable bonds is 2. The molecule has 2 rings (SSSR count). The van der Waals surface area contributed by atoms with Gasteiger partial charge in [0.25, 0.3) is 0 Å². The molecule has 1 heterocycles. The molecule has 1 saturated carbocycles. The Morgan fingerprint density at radius 1 is 1.18 bits per heavy atom. The summed E-state index contributed by atoms with van der Waals surface area (Å²) in [6.07, 6.45) is 4.51. The molecule has 1 aliphatic carbocycles. The van der Waals surface area contributed by atoms with Crippen LogP contribution in [0.1, 0.15) is 39.5 Å². The number of carboxylic acid groups (broad SMARTS) is 1. The molecule has 2 aliphatic rings. The number of nitrogens with zero attached hydrogens (tertiary/aromatic N) is 1. The van der Waals surface area contributed by atoms with Crippen molar-refractivity contribution in [3.05, 3.63) is 0 Å². The van der Waals surface area contributed by atoms with E-state index in [1.165, 1.54) is 0 Å². The van der Waals surface area contributed by atoms with E-state index in [-0.39, 0.29) is 24.2 Å². The molecule has 0 aromatic carbocycles. The number of morpholine rings is 1. The Kier molecular flexibility index (Phi) is 4.05. The Morgan fingerprint density at radius 3 is 2.35 bits per heavy atom. The molecule has 0 amide bonds. The van der Waals surface area contributed by atoms with E-state index in [9.17, 15) is 9.90 Å². The summed E-state index contributed by atoms with van der Waals surface area (Å²) >= 11 is 0. The van der Waals surface area contributed by atoms with Crippen molar-refractivity contribution in [1.82, 2.24) is 4.90 Å². The number of ether oxygens (including phenoxy) is 1. The van der Waals surface area contributed by atoms with Crippen LogP contribution in [0, 0.1) is 5.92 Å². The fourth-order valence-electron chi connectivity index (χ4n) is 3.32. The molecular weight excluding hydrogens is 218 g/mol. The second kappa shape index (κ2) is 5.36. The normalized spacial score (nSPS) is 40.1. The molecule has 17 heavy (non-hydrogen) atoms. The predicted octanol–water partition coefficient (Wildman–Crippen LogP) is 1.74. The second-order valence-electron chi connectivity index (χ2n) is 5.51. The zero-order valence-electron chi connectivity index (χ0n) is 10.8. The third-order valence-corrected chi connectivity index (χ3v) is 3.96. The molecule has 4 nitrogen and oxygen atoms in total.